The van der Waals surface area contributed by atoms with E-state index in [0.717, 1.165) is 16.7 Å². The molecule has 2 aromatic heterocycles. The fourth-order valence-electron chi connectivity index (χ4n) is 5.79. The van der Waals surface area contributed by atoms with Gasteiger partial charge in [-0.15, -0.1) is 0 Å². The van der Waals surface area contributed by atoms with Crippen LogP contribution in [-0.2, 0) is 24.3 Å². The third-order valence-electron chi connectivity index (χ3n) is 9.39. The van der Waals surface area contributed by atoms with E-state index in [9.17, 15) is 4.79 Å². The second-order valence-electron chi connectivity index (χ2n) is 13.4. The monoisotopic (exact) mass is 685 g/mol. The van der Waals surface area contributed by atoms with Crippen molar-refractivity contribution in [2.45, 2.75) is 62.9 Å². The number of methoxy groups -OCH3 is 1. The van der Waals surface area contributed by atoms with Crippen LogP contribution in [0.4, 0.5) is 5.82 Å². The van der Waals surface area contributed by atoms with Crippen LogP contribution < -0.4 is 10.5 Å². The number of nitrogens with zero attached hydrogens (tertiary/aromatic N) is 4. The predicted molar refractivity (Wildman–Crippen MR) is 187 cm³/mol. The lowest BCUT2D eigenvalue weighted by Crippen LogP contribution is -2.47. The van der Waals surface area contributed by atoms with E-state index >= 15 is 0 Å². The highest BCUT2D eigenvalue weighted by atomic mass is 35.5. The second-order valence-corrected chi connectivity index (χ2v) is 18.5. The Hall–Kier alpha value is -4.13. The fraction of sp³-hybridized carbons (Fsp3) is 0.333. The number of ketones is 1. The van der Waals surface area contributed by atoms with Gasteiger partial charge in [-0.1, -0.05) is 93.6 Å². The number of fused-ring (bicyclic) bond motifs is 1. The van der Waals surface area contributed by atoms with Crippen molar-refractivity contribution in [1.29, 1.82) is 0 Å². The number of nitrogen functional groups attached to an aromatic ring is 1. The van der Waals surface area contributed by atoms with Crippen molar-refractivity contribution in [3.05, 3.63) is 113 Å². The summed E-state index contributed by atoms with van der Waals surface area (Å²) in [5.74, 6) is 0.614. The number of imidazole rings is 1. The summed E-state index contributed by atoms with van der Waals surface area (Å²) in [4.78, 5) is 27.3. The molecule has 0 aliphatic carbocycles. The molecule has 5 aromatic rings. The number of ether oxygens (including phenoxy) is 3. The van der Waals surface area contributed by atoms with Gasteiger partial charge in [0.2, 0.25) is 5.28 Å². The van der Waals surface area contributed by atoms with Gasteiger partial charge in [0.1, 0.15) is 23.0 Å². The Morgan fingerprint density at radius 2 is 1.50 bits per heavy atom. The molecule has 0 amide bonds. The largest absolute Gasteiger partial charge is 0.497 e. The molecule has 2 N–H and O–H groups in total. The summed E-state index contributed by atoms with van der Waals surface area (Å²) in [6.07, 6.45) is -1.32. The molecule has 250 valence electrons. The highest BCUT2D eigenvalue weighted by Gasteiger charge is 2.52. The molecule has 6 rings (SSSR count). The molecule has 0 bridgehead atoms. The maximum Gasteiger partial charge on any atom is 0.226 e. The van der Waals surface area contributed by atoms with Crippen LogP contribution in [0, 0.1) is 0 Å². The number of anilines is 1. The molecule has 3 aromatic carbocycles. The fourth-order valence-corrected chi connectivity index (χ4v) is 7.18. The van der Waals surface area contributed by atoms with Crippen molar-refractivity contribution >= 4 is 42.7 Å². The van der Waals surface area contributed by atoms with Gasteiger partial charge in [-0.05, 0) is 58.6 Å². The molecule has 48 heavy (non-hydrogen) atoms. The van der Waals surface area contributed by atoms with Crippen LogP contribution in [0.1, 0.15) is 43.7 Å². The van der Waals surface area contributed by atoms with E-state index in [1.54, 1.807) is 11.7 Å². The average molecular weight is 686 g/mol. The topological polar surface area (TPSA) is 124 Å². The molecular weight excluding hydrogens is 646 g/mol. The Morgan fingerprint density at radius 3 is 2.06 bits per heavy atom. The van der Waals surface area contributed by atoms with Crippen LogP contribution in [-0.4, -0.2) is 59.5 Å². The average Bonchev–Trinajstić information content (AvgIpc) is 3.62. The molecule has 12 heteroatoms. The number of hydrogen-bond acceptors (Lipinski definition) is 9. The van der Waals surface area contributed by atoms with Crippen molar-refractivity contribution < 1.29 is 23.4 Å². The molecule has 3 heterocycles. The molecule has 1 saturated heterocycles. The first-order chi connectivity index (χ1) is 22.9. The maximum absolute atomic E-state index is 14.5. The maximum atomic E-state index is 14.5. The number of aromatic nitrogens is 4. The smallest absolute Gasteiger partial charge is 0.226 e. The zero-order valence-corrected chi connectivity index (χ0v) is 29.6. The second kappa shape index (κ2) is 13.1. The van der Waals surface area contributed by atoms with E-state index in [-0.39, 0.29) is 28.5 Å². The molecule has 0 spiro atoms. The normalized spacial score (nSPS) is 18.8. The minimum atomic E-state index is -2.48. The Labute approximate surface area is 286 Å². The van der Waals surface area contributed by atoms with E-state index in [1.807, 2.05) is 84.9 Å². The molecular formula is C36H40ClN5O5Si. The first kappa shape index (κ1) is 33.8. The third-order valence-corrected chi connectivity index (χ3v) is 14.0. The number of hydrogen-bond donors (Lipinski definition) is 1. The van der Waals surface area contributed by atoms with Crippen molar-refractivity contribution in [2.75, 3.05) is 19.5 Å². The summed E-state index contributed by atoms with van der Waals surface area (Å²) in [6, 6.07) is 27.6. The zero-order valence-electron chi connectivity index (χ0n) is 27.9. The number of carbonyl (C=O) groups is 1. The molecule has 1 fully saturated rings. The zero-order chi connectivity index (χ0) is 34.3. The summed E-state index contributed by atoms with van der Waals surface area (Å²) in [5.41, 5.74) is 8.37. The number of rotatable bonds is 10. The number of nitrogens with two attached hydrogens (primary N) is 1. The molecule has 0 unspecified atom stereocenters. The van der Waals surface area contributed by atoms with Crippen LogP contribution in [0.25, 0.3) is 11.2 Å². The van der Waals surface area contributed by atoms with Crippen molar-refractivity contribution in [3.63, 3.8) is 0 Å². The lowest BCUT2D eigenvalue weighted by atomic mass is 9.80. The van der Waals surface area contributed by atoms with Gasteiger partial charge in [-0.3, -0.25) is 9.36 Å². The lowest BCUT2D eigenvalue weighted by molar-refractivity contribution is -0.131. The van der Waals surface area contributed by atoms with Gasteiger partial charge in [0.05, 0.1) is 20.0 Å². The number of Topliss-reactive ketones (excluding diaryl/α,β-unsaturated/α-hetero) is 1. The molecule has 1 aliphatic rings. The summed E-state index contributed by atoms with van der Waals surface area (Å²) < 4.78 is 27.6. The Morgan fingerprint density at radius 1 is 0.917 bits per heavy atom. The quantitative estimate of drug-likeness (QED) is 0.0946. The highest BCUT2D eigenvalue weighted by molar-refractivity contribution is 6.74. The van der Waals surface area contributed by atoms with Gasteiger partial charge < -0.3 is 24.4 Å². The Kier molecular flexibility index (Phi) is 9.18. The molecule has 0 saturated carbocycles. The van der Waals surface area contributed by atoms with Crippen molar-refractivity contribution in [2.24, 2.45) is 0 Å². The van der Waals surface area contributed by atoms with Crippen molar-refractivity contribution in [1.82, 2.24) is 19.5 Å². The van der Waals surface area contributed by atoms with E-state index in [0.29, 0.717) is 16.9 Å². The van der Waals surface area contributed by atoms with Gasteiger partial charge >= 0.3 is 0 Å². The van der Waals surface area contributed by atoms with Gasteiger partial charge in [-0.2, -0.15) is 9.97 Å². The SMILES string of the molecule is COc1ccc(C(OC[C@H]2O[C@@H](n3cnc4c(N)nc(Cl)nc43)[C@H](O[Si](C)(C)C(C)(C)C)C2=O)(c2ccccc2)c2ccccc2)cc1. The van der Waals surface area contributed by atoms with E-state index in [1.165, 1.54) is 6.33 Å². The molecule has 10 nitrogen and oxygen atoms in total. The number of halogens is 1. The van der Waals surface area contributed by atoms with Gasteiger partial charge in [0, 0.05) is 0 Å². The summed E-state index contributed by atoms with van der Waals surface area (Å²) >= 11 is 6.21. The van der Waals surface area contributed by atoms with Crippen LogP contribution in [0.15, 0.2) is 91.3 Å². The molecule has 0 radical (unpaired) electrons. The van der Waals surface area contributed by atoms with E-state index < -0.39 is 32.4 Å². The molecule has 1 aliphatic heterocycles. The first-order valence-electron chi connectivity index (χ1n) is 15.8. The summed E-state index contributed by atoms with van der Waals surface area (Å²) in [5, 5.41) is -0.216. The minimum absolute atomic E-state index is 0.0391. The van der Waals surface area contributed by atoms with Gasteiger partial charge in [0.15, 0.2) is 37.9 Å². The number of benzene rings is 3. The van der Waals surface area contributed by atoms with Crippen LogP contribution in [0.5, 0.6) is 5.75 Å². The van der Waals surface area contributed by atoms with E-state index in [4.69, 9.17) is 36.0 Å². The highest BCUT2D eigenvalue weighted by Crippen LogP contribution is 2.44. The van der Waals surface area contributed by atoms with E-state index in [2.05, 4.69) is 48.8 Å². The third kappa shape index (κ3) is 6.12. The van der Waals surface area contributed by atoms with Gasteiger partial charge in [0.25, 0.3) is 0 Å². The standard InChI is InChI=1S/C36H40ClN5O5Si/c1-35(2,3)48(5,6)47-30-29(43)27(46-33(30)42-22-39-28-31(38)40-34(37)41-32(28)42)21-45-36(23-13-9-7-10-14-23,24-15-11-8-12-16-24)25-17-19-26(44-4)20-18-25/h7-20,22,27,30,33H,21H2,1-6H3,(H2,38,40,41)/t27-,30-,33-/m1/s1. The van der Waals surface area contributed by atoms with Crippen LogP contribution >= 0.6 is 11.6 Å². The van der Waals surface area contributed by atoms with Crippen LogP contribution in [0.2, 0.25) is 23.4 Å². The van der Waals surface area contributed by atoms with Crippen molar-refractivity contribution in [3.8, 4) is 5.75 Å². The Balaban J connectivity index is 1.43. The van der Waals surface area contributed by atoms with Gasteiger partial charge in [-0.25, -0.2) is 4.98 Å². The predicted octanol–water partition coefficient (Wildman–Crippen LogP) is 6.94. The molecule has 3 atom stereocenters. The number of carbonyl (C=O) groups excluding carboxylic acids is 1. The Bertz CT molecular complexity index is 1860. The first-order valence-corrected chi connectivity index (χ1v) is 19.1. The summed E-state index contributed by atoms with van der Waals surface area (Å²) in [6.45, 7) is 10.5. The van der Waals surface area contributed by atoms with Crippen LogP contribution in [0.3, 0.4) is 0 Å². The lowest BCUT2D eigenvalue weighted by Gasteiger charge is -2.38. The minimum Gasteiger partial charge on any atom is -0.497 e. The summed E-state index contributed by atoms with van der Waals surface area (Å²) in [7, 11) is -0.851.